The number of ether oxygens (including phenoxy) is 1. The molecule has 0 saturated carbocycles. The van der Waals surface area contributed by atoms with Crippen molar-refractivity contribution < 1.29 is 17.9 Å². The first kappa shape index (κ1) is 22.4. The first-order chi connectivity index (χ1) is 15.5. The van der Waals surface area contributed by atoms with Gasteiger partial charge in [0, 0.05) is 42.1 Å². The number of rotatable bonds is 7. The van der Waals surface area contributed by atoms with Crippen molar-refractivity contribution >= 4 is 33.0 Å². The van der Waals surface area contributed by atoms with Crippen molar-refractivity contribution in [1.29, 1.82) is 0 Å². The van der Waals surface area contributed by atoms with Crippen LogP contribution in [0.15, 0.2) is 53.0 Å². The summed E-state index contributed by atoms with van der Waals surface area (Å²) >= 11 is 1.45. The molecule has 1 aromatic carbocycles. The number of thiazole rings is 1. The number of carbonyl (C=O) groups is 1. The van der Waals surface area contributed by atoms with Crippen LogP contribution >= 0.6 is 11.3 Å². The molecule has 0 aliphatic carbocycles. The number of benzene rings is 1. The Bertz CT molecular complexity index is 1190. The number of sulfonamides is 1. The maximum absolute atomic E-state index is 13.2. The van der Waals surface area contributed by atoms with Crippen LogP contribution in [0.3, 0.4) is 0 Å². The monoisotopic (exact) mass is 472 g/mol. The summed E-state index contributed by atoms with van der Waals surface area (Å²) in [7, 11) is -2.27. The van der Waals surface area contributed by atoms with Gasteiger partial charge in [-0.1, -0.05) is 6.42 Å². The lowest BCUT2D eigenvalue weighted by molar-refractivity contribution is -0.115. The van der Waals surface area contributed by atoms with Crippen LogP contribution in [0.5, 0.6) is 5.75 Å². The Morgan fingerprint density at radius 2 is 2.03 bits per heavy atom. The standard InChI is InChI=1S/C22H24N4O4S2/c1-30-19-8-7-17(12-20(19)32(28,29)26-10-3-2-4-11-26)24-21(27)13-18-15-31-22(25-18)16-6-5-9-23-14-16/h5-9,12,14-15H,2-4,10-11,13H2,1H3,(H,24,27). The Morgan fingerprint density at radius 1 is 1.22 bits per heavy atom. The summed E-state index contributed by atoms with van der Waals surface area (Å²) < 4.78 is 33.1. The van der Waals surface area contributed by atoms with Crippen molar-refractivity contribution in [3.8, 4) is 16.3 Å². The first-order valence-electron chi connectivity index (χ1n) is 10.3. The molecule has 2 aromatic heterocycles. The fraction of sp³-hybridized carbons (Fsp3) is 0.318. The molecule has 1 N–H and O–H groups in total. The molecule has 1 saturated heterocycles. The summed E-state index contributed by atoms with van der Waals surface area (Å²) in [5, 5.41) is 5.41. The maximum Gasteiger partial charge on any atom is 0.246 e. The fourth-order valence-corrected chi connectivity index (χ4v) is 6.09. The zero-order chi connectivity index (χ0) is 22.6. The minimum atomic E-state index is -3.71. The average Bonchev–Trinajstić information content (AvgIpc) is 3.28. The second kappa shape index (κ2) is 9.76. The van der Waals surface area contributed by atoms with Gasteiger partial charge in [0.15, 0.2) is 0 Å². The Balaban J connectivity index is 1.49. The molecule has 1 aliphatic rings. The summed E-state index contributed by atoms with van der Waals surface area (Å²) in [6.07, 6.45) is 6.21. The highest BCUT2D eigenvalue weighted by Crippen LogP contribution is 2.31. The van der Waals surface area contributed by atoms with Gasteiger partial charge >= 0.3 is 0 Å². The number of hydrogen-bond acceptors (Lipinski definition) is 7. The molecule has 4 rings (SSSR count). The van der Waals surface area contributed by atoms with Gasteiger partial charge in [0.25, 0.3) is 0 Å². The van der Waals surface area contributed by atoms with Gasteiger partial charge in [0.2, 0.25) is 15.9 Å². The van der Waals surface area contributed by atoms with Crippen LogP contribution in [0.1, 0.15) is 25.0 Å². The molecule has 0 atom stereocenters. The number of methoxy groups -OCH3 is 1. The van der Waals surface area contributed by atoms with Crippen molar-refractivity contribution in [3.05, 3.63) is 53.8 Å². The van der Waals surface area contributed by atoms with Gasteiger partial charge in [-0.2, -0.15) is 4.31 Å². The molecular formula is C22H24N4O4S2. The van der Waals surface area contributed by atoms with Crippen LogP contribution in [0.2, 0.25) is 0 Å². The Labute approximate surface area is 191 Å². The van der Waals surface area contributed by atoms with Gasteiger partial charge in [-0.05, 0) is 43.2 Å². The lowest BCUT2D eigenvalue weighted by atomic mass is 10.2. The molecular weight excluding hydrogens is 448 g/mol. The summed E-state index contributed by atoms with van der Waals surface area (Å²) in [6.45, 7) is 0.982. The van der Waals surface area contributed by atoms with Crippen molar-refractivity contribution in [1.82, 2.24) is 14.3 Å². The molecule has 168 valence electrons. The van der Waals surface area contributed by atoms with E-state index in [1.165, 1.54) is 28.8 Å². The number of amides is 1. The average molecular weight is 473 g/mol. The highest BCUT2D eigenvalue weighted by Gasteiger charge is 2.29. The van der Waals surface area contributed by atoms with E-state index >= 15 is 0 Å². The molecule has 0 spiro atoms. The maximum atomic E-state index is 13.2. The Morgan fingerprint density at radius 3 is 2.75 bits per heavy atom. The van der Waals surface area contributed by atoms with Crippen LogP contribution in [0, 0.1) is 0 Å². The van der Waals surface area contributed by atoms with Crippen LogP contribution in [0.4, 0.5) is 5.69 Å². The van der Waals surface area contributed by atoms with Crippen LogP contribution in [-0.4, -0.2) is 48.8 Å². The third-order valence-corrected chi connectivity index (χ3v) is 8.04. The van der Waals surface area contributed by atoms with Gasteiger partial charge in [-0.3, -0.25) is 9.78 Å². The van der Waals surface area contributed by atoms with E-state index in [0.717, 1.165) is 29.8 Å². The number of nitrogens with zero attached hydrogens (tertiary/aromatic N) is 3. The molecule has 8 nitrogen and oxygen atoms in total. The van der Waals surface area contributed by atoms with E-state index in [1.54, 1.807) is 24.5 Å². The SMILES string of the molecule is COc1ccc(NC(=O)Cc2csc(-c3cccnc3)n2)cc1S(=O)(=O)N1CCCCC1. The van der Waals surface area contributed by atoms with Gasteiger partial charge < -0.3 is 10.1 Å². The fourth-order valence-electron chi connectivity index (χ4n) is 3.58. The molecule has 1 fully saturated rings. The van der Waals surface area contributed by atoms with Gasteiger partial charge in [-0.15, -0.1) is 11.3 Å². The largest absolute Gasteiger partial charge is 0.495 e. The minimum absolute atomic E-state index is 0.0622. The van der Waals surface area contributed by atoms with Gasteiger partial charge in [0.05, 0.1) is 19.2 Å². The lowest BCUT2D eigenvalue weighted by Gasteiger charge is -2.26. The third-order valence-electron chi connectivity index (χ3n) is 5.18. The quantitative estimate of drug-likeness (QED) is 0.564. The summed E-state index contributed by atoms with van der Waals surface area (Å²) in [4.78, 5) is 21.2. The Hall–Kier alpha value is -2.82. The number of carbonyl (C=O) groups excluding carboxylic acids is 1. The number of pyridine rings is 1. The van der Waals surface area contributed by atoms with E-state index in [4.69, 9.17) is 4.74 Å². The normalized spacial score (nSPS) is 14.8. The van der Waals surface area contributed by atoms with Gasteiger partial charge in [0.1, 0.15) is 15.7 Å². The third kappa shape index (κ3) is 4.98. The predicted molar refractivity (Wildman–Crippen MR) is 123 cm³/mol. The molecule has 1 aliphatic heterocycles. The summed E-state index contributed by atoms with van der Waals surface area (Å²) in [6, 6.07) is 8.41. The molecule has 0 radical (unpaired) electrons. The van der Waals surface area contributed by atoms with Crippen molar-refractivity contribution in [2.45, 2.75) is 30.6 Å². The van der Waals surface area contributed by atoms with E-state index < -0.39 is 10.0 Å². The topological polar surface area (TPSA) is 101 Å². The molecule has 3 aromatic rings. The van der Waals surface area contributed by atoms with E-state index in [2.05, 4.69) is 15.3 Å². The molecule has 0 unspecified atom stereocenters. The van der Waals surface area contributed by atoms with E-state index in [9.17, 15) is 13.2 Å². The number of hydrogen-bond donors (Lipinski definition) is 1. The Kier molecular flexibility index (Phi) is 6.83. The van der Waals surface area contributed by atoms with E-state index in [1.807, 2.05) is 17.5 Å². The zero-order valence-electron chi connectivity index (χ0n) is 17.7. The lowest BCUT2D eigenvalue weighted by Crippen LogP contribution is -2.35. The molecule has 0 bridgehead atoms. The first-order valence-corrected chi connectivity index (χ1v) is 12.6. The highest BCUT2D eigenvalue weighted by molar-refractivity contribution is 7.89. The zero-order valence-corrected chi connectivity index (χ0v) is 19.3. The molecule has 10 heteroatoms. The van der Waals surface area contributed by atoms with Crippen molar-refractivity contribution in [2.75, 3.05) is 25.5 Å². The second-order valence-electron chi connectivity index (χ2n) is 7.44. The smallest absolute Gasteiger partial charge is 0.246 e. The van der Waals surface area contributed by atoms with Crippen LogP contribution in [-0.2, 0) is 21.2 Å². The number of piperidine rings is 1. The highest BCUT2D eigenvalue weighted by atomic mass is 32.2. The van der Waals surface area contributed by atoms with Crippen molar-refractivity contribution in [2.24, 2.45) is 0 Å². The van der Waals surface area contributed by atoms with Crippen LogP contribution in [0.25, 0.3) is 10.6 Å². The molecule has 1 amide bonds. The number of aromatic nitrogens is 2. The summed E-state index contributed by atoms with van der Waals surface area (Å²) in [5.74, 6) is -0.0197. The predicted octanol–water partition coefficient (Wildman–Crippen LogP) is 3.57. The number of anilines is 1. The van der Waals surface area contributed by atoms with Gasteiger partial charge in [-0.25, -0.2) is 13.4 Å². The minimum Gasteiger partial charge on any atom is -0.495 e. The van der Waals surface area contributed by atoms with Crippen LogP contribution < -0.4 is 10.1 Å². The number of nitrogens with one attached hydrogen (secondary N) is 1. The van der Waals surface area contributed by atoms with E-state index in [-0.39, 0.29) is 23.0 Å². The second-order valence-corrected chi connectivity index (χ2v) is 10.2. The van der Waals surface area contributed by atoms with E-state index in [0.29, 0.717) is 24.5 Å². The molecule has 3 heterocycles. The summed E-state index contributed by atoms with van der Waals surface area (Å²) in [5.41, 5.74) is 1.93. The van der Waals surface area contributed by atoms with Crippen molar-refractivity contribution in [3.63, 3.8) is 0 Å². The molecule has 32 heavy (non-hydrogen) atoms.